The van der Waals surface area contributed by atoms with E-state index in [0.29, 0.717) is 0 Å². The van der Waals surface area contributed by atoms with Gasteiger partial charge in [-0.25, -0.2) is 0 Å². The van der Waals surface area contributed by atoms with Crippen molar-refractivity contribution in [3.05, 3.63) is 140 Å². The van der Waals surface area contributed by atoms with Crippen molar-refractivity contribution < 1.29 is 0 Å². The van der Waals surface area contributed by atoms with Crippen molar-refractivity contribution in [3.8, 4) is 33.4 Å². The van der Waals surface area contributed by atoms with Crippen LogP contribution in [0, 0.1) is 0 Å². The molecule has 0 N–H and O–H groups in total. The first-order valence-electron chi connectivity index (χ1n) is 12.7. The van der Waals surface area contributed by atoms with Crippen molar-refractivity contribution in [2.75, 3.05) is 0 Å². The Morgan fingerprint density at radius 3 is 1.38 bits per heavy atom. The highest BCUT2D eigenvalue weighted by Crippen LogP contribution is 2.37. The molecule has 1 heteroatoms. The van der Waals surface area contributed by atoms with Crippen LogP contribution in [0.25, 0.3) is 65.7 Å². The standard InChI is InChI=1S/C36H25P/c37-36-15-6-5-10-29(36)28-9-7-8-26(22-28)24-16-18-25(19-17-24)27-20-21-34-32-13-2-1-11-30(32)31-12-3-4-14-33(31)35(34)23-27/h1-23H,37H2. The minimum Gasteiger partial charge on any atom is -0.105 e. The lowest BCUT2D eigenvalue weighted by Crippen LogP contribution is -1.95. The van der Waals surface area contributed by atoms with E-state index in [0.717, 1.165) is 0 Å². The fourth-order valence-electron chi connectivity index (χ4n) is 5.57. The first-order chi connectivity index (χ1) is 18.3. The second-order valence-corrected chi connectivity index (χ2v) is 10.2. The van der Waals surface area contributed by atoms with Gasteiger partial charge in [0.1, 0.15) is 0 Å². The van der Waals surface area contributed by atoms with Gasteiger partial charge in [-0.1, -0.05) is 127 Å². The number of fused-ring (bicyclic) bond motifs is 6. The Balaban J connectivity index is 1.31. The van der Waals surface area contributed by atoms with Crippen LogP contribution in [0.15, 0.2) is 140 Å². The lowest BCUT2D eigenvalue weighted by molar-refractivity contribution is 1.59. The van der Waals surface area contributed by atoms with E-state index in [4.69, 9.17) is 0 Å². The van der Waals surface area contributed by atoms with Gasteiger partial charge in [-0.3, -0.25) is 0 Å². The molecule has 7 aromatic rings. The molecule has 0 aromatic heterocycles. The van der Waals surface area contributed by atoms with Gasteiger partial charge in [0, 0.05) is 0 Å². The Bertz CT molecular complexity index is 1890. The molecule has 0 aliphatic heterocycles. The zero-order valence-electron chi connectivity index (χ0n) is 20.4. The van der Waals surface area contributed by atoms with Gasteiger partial charge in [0.05, 0.1) is 0 Å². The second-order valence-electron chi connectivity index (χ2n) is 9.60. The molecule has 0 aliphatic carbocycles. The van der Waals surface area contributed by atoms with Gasteiger partial charge in [-0.2, -0.15) is 0 Å². The SMILES string of the molecule is Pc1ccccc1-c1cccc(-c2ccc(-c3ccc4c5ccccc5c5ccccc5c4c3)cc2)c1. The molecule has 174 valence electrons. The molecule has 0 aliphatic rings. The third-order valence-electron chi connectivity index (χ3n) is 7.43. The lowest BCUT2D eigenvalue weighted by atomic mass is 9.91. The summed E-state index contributed by atoms with van der Waals surface area (Å²) in [6, 6.07) is 50.7. The van der Waals surface area contributed by atoms with Crippen LogP contribution in [0.1, 0.15) is 0 Å². The zero-order valence-corrected chi connectivity index (χ0v) is 21.5. The highest BCUT2D eigenvalue weighted by Gasteiger charge is 2.10. The molecule has 7 aromatic carbocycles. The maximum Gasteiger partial charge on any atom is -0.00928 e. The van der Waals surface area contributed by atoms with E-state index in [1.54, 1.807) is 0 Å². The second kappa shape index (κ2) is 9.00. The van der Waals surface area contributed by atoms with E-state index in [-0.39, 0.29) is 0 Å². The van der Waals surface area contributed by atoms with Crippen LogP contribution in [0.5, 0.6) is 0 Å². The first kappa shape index (κ1) is 22.0. The highest BCUT2D eigenvalue weighted by molar-refractivity contribution is 7.28. The summed E-state index contributed by atoms with van der Waals surface area (Å²) in [5.41, 5.74) is 7.42. The minimum absolute atomic E-state index is 1.21. The van der Waals surface area contributed by atoms with Crippen molar-refractivity contribution in [1.29, 1.82) is 0 Å². The number of benzene rings is 7. The van der Waals surface area contributed by atoms with Crippen LogP contribution >= 0.6 is 9.24 Å². The van der Waals surface area contributed by atoms with E-state index < -0.39 is 0 Å². The van der Waals surface area contributed by atoms with Gasteiger partial charge in [0.15, 0.2) is 0 Å². The van der Waals surface area contributed by atoms with Crippen molar-refractivity contribution in [2.24, 2.45) is 0 Å². The number of rotatable bonds is 3. The van der Waals surface area contributed by atoms with E-state index in [9.17, 15) is 0 Å². The molecule has 0 amide bonds. The Morgan fingerprint density at radius 1 is 0.297 bits per heavy atom. The summed E-state index contributed by atoms with van der Waals surface area (Å²) in [5.74, 6) is 0. The molecule has 0 bridgehead atoms. The summed E-state index contributed by atoms with van der Waals surface area (Å²) in [5, 5.41) is 9.07. The van der Waals surface area contributed by atoms with Gasteiger partial charge in [-0.05, 0) is 83.1 Å². The molecule has 0 saturated heterocycles. The Kier molecular flexibility index (Phi) is 5.35. The van der Waals surface area contributed by atoms with Crippen LogP contribution in [-0.2, 0) is 0 Å². The topological polar surface area (TPSA) is 0 Å². The predicted octanol–water partition coefficient (Wildman–Crippen LogP) is 9.65. The molecule has 0 fully saturated rings. The quantitative estimate of drug-likeness (QED) is 0.172. The smallest absolute Gasteiger partial charge is 0.00928 e. The van der Waals surface area contributed by atoms with Crippen molar-refractivity contribution in [2.45, 2.75) is 0 Å². The Hall–Kier alpha value is -4.25. The third kappa shape index (κ3) is 3.82. The normalized spacial score (nSPS) is 11.4. The summed E-state index contributed by atoms with van der Waals surface area (Å²) in [6.45, 7) is 0. The van der Waals surface area contributed by atoms with Crippen molar-refractivity contribution >= 4 is 46.9 Å². The van der Waals surface area contributed by atoms with Crippen LogP contribution in [0.2, 0.25) is 0 Å². The van der Waals surface area contributed by atoms with Crippen LogP contribution in [0.3, 0.4) is 0 Å². The molecular weight excluding hydrogens is 463 g/mol. The zero-order chi connectivity index (χ0) is 24.8. The van der Waals surface area contributed by atoms with Gasteiger partial charge in [0.25, 0.3) is 0 Å². The molecule has 0 nitrogen and oxygen atoms in total. The van der Waals surface area contributed by atoms with Crippen molar-refractivity contribution in [1.82, 2.24) is 0 Å². The average molecular weight is 489 g/mol. The molecule has 0 heterocycles. The molecule has 0 saturated carbocycles. The van der Waals surface area contributed by atoms with Gasteiger partial charge < -0.3 is 0 Å². The van der Waals surface area contributed by atoms with Crippen LogP contribution in [-0.4, -0.2) is 0 Å². The maximum absolute atomic E-state index is 2.85. The molecular formula is C36H25P. The summed E-state index contributed by atoms with van der Waals surface area (Å²) in [4.78, 5) is 0. The van der Waals surface area contributed by atoms with Gasteiger partial charge in [-0.15, -0.1) is 9.24 Å². The monoisotopic (exact) mass is 488 g/mol. The lowest BCUT2D eigenvalue weighted by Gasteiger charge is -2.12. The van der Waals surface area contributed by atoms with E-state index in [1.165, 1.54) is 71.0 Å². The van der Waals surface area contributed by atoms with E-state index in [1.807, 2.05) is 0 Å². The third-order valence-corrected chi connectivity index (χ3v) is 7.93. The molecule has 1 unspecified atom stereocenters. The fourth-order valence-corrected chi connectivity index (χ4v) is 5.94. The molecule has 7 rings (SSSR count). The fraction of sp³-hybridized carbons (Fsp3) is 0. The van der Waals surface area contributed by atoms with Crippen LogP contribution in [0.4, 0.5) is 0 Å². The first-order valence-corrected chi connectivity index (χ1v) is 13.2. The Morgan fingerprint density at radius 2 is 0.757 bits per heavy atom. The summed E-state index contributed by atoms with van der Waals surface area (Å²) in [7, 11) is 2.85. The number of hydrogen-bond donors (Lipinski definition) is 0. The summed E-state index contributed by atoms with van der Waals surface area (Å²) < 4.78 is 0. The Labute approximate surface area is 219 Å². The van der Waals surface area contributed by atoms with Crippen LogP contribution < -0.4 is 5.30 Å². The molecule has 0 radical (unpaired) electrons. The maximum atomic E-state index is 2.85. The molecule has 0 spiro atoms. The molecule has 37 heavy (non-hydrogen) atoms. The average Bonchev–Trinajstić information content (AvgIpc) is 2.97. The van der Waals surface area contributed by atoms with Gasteiger partial charge in [0.2, 0.25) is 0 Å². The highest BCUT2D eigenvalue weighted by atomic mass is 31.0. The summed E-state index contributed by atoms with van der Waals surface area (Å²) >= 11 is 0. The minimum atomic E-state index is 1.21. The number of hydrogen-bond acceptors (Lipinski definition) is 0. The van der Waals surface area contributed by atoms with Crippen molar-refractivity contribution in [3.63, 3.8) is 0 Å². The summed E-state index contributed by atoms with van der Waals surface area (Å²) in [6.07, 6.45) is 0. The van der Waals surface area contributed by atoms with E-state index >= 15 is 0 Å². The predicted molar refractivity (Wildman–Crippen MR) is 165 cm³/mol. The molecule has 1 atom stereocenters. The van der Waals surface area contributed by atoms with E-state index in [2.05, 4.69) is 149 Å². The van der Waals surface area contributed by atoms with Gasteiger partial charge >= 0.3 is 0 Å². The largest absolute Gasteiger partial charge is 0.105 e.